The lowest BCUT2D eigenvalue weighted by molar-refractivity contribution is 0.0112. The largest absolute Gasteiger partial charge is 0.494 e. The van der Waals surface area contributed by atoms with Crippen LogP contribution in [0.3, 0.4) is 0 Å². The van der Waals surface area contributed by atoms with Gasteiger partial charge in [-0.3, -0.25) is 5.10 Å². The number of aromatic amines is 1. The van der Waals surface area contributed by atoms with Crippen molar-refractivity contribution in [2.24, 2.45) is 0 Å². The van der Waals surface area contributed by atoms with Crippen LogP contribution < -0.4 is 9.47 Å². The standard InChI is InChI=1S/C25H27N3O3/c1-2-3-14-29-21-8-6-7-19(16-21)23-25(31-20-12-10-18(17-26)11-13-20)24(28-27-23)22-9-4-5-15-30-22/h6-8,10-13,16,22H,2-5,9,14-15H2,1H3,(H,27,28). The zero-order chi connectivity index (χ0) is 21.5. The molecular weight excluding hydrogens is 390 g/mol. The van der Waals surface area contributed by atoms with Gasteiger partial charge < -0.3 is 14.2 Å². The zero-order valence-electron chi connectivity index (χ0n) is 17.8. The number of unbranched alkanes of at least 4 members (excludes halogenated alkanes) is 1. The summed E-state index contributed by atoms with van der Waals surface area (Å²) in [5, 5.41) is 16.8. The fraction of sp³-hybridized carbons (Fsp3) is 0.360. The van der Waals surface area contributed by atoms with Crippen LogP contribution in [-0.2, 0) is 4.74 Å². The Bertz CT molecular complexity index is 1030. The Hall–Kier alpha value is -3.30. The maximum Gasteiger partial charge on any atom is 0.178 e. The van der Waals surface area contributed by atoms with Crippen molar-refractivity contribution in [3.63, 3.8) is 0 Å². The van der Waals surface area contributed by atoms with Gasteiger partial charge in [0, 0.05) is 12.2 Å². The quantitative estimate of drug-likeness (QED) is 0.444. The number of aromatic nitrogens is 2. The minimum Gasteiger partial charge on any atom is -0.494 e. The van der Waals surface area contributed by atoms with Crippen molar-refractivity contribution in [3.8, 4) is 34.6 Å². The summed E-state index contributed by atoms with van der Waals surface area (Å²) < 4.78 is 18.2. The Morgan fingerprint density at radius 1 is 1.16 bits per heavy atom. The third-order valence-corrected chi connectivity index (χ3v) is 5.33. The van der Waals surface area contributed by atoms with E-state index in [1.807, 2.05) is 24.3 Å². The minimum atomic E-state index is -0.0765. The summed E-state index contributed by atoms with van der Waals surface area (Å²) in [5.74, 6) is 2.12. The fourth-order valence-electron chi connectivity index (χ4n) is 3.61. The number of hydrogen-bond acceptors (Lipinski definition) is 5. The molecule has 1 fully saturated rings. The molecule has 6 nitrogen and oxygen atoms in total. The summed E-state index contributed by atoms with van der Waals surface area (Å²) in [6.45, 7) is 3.57. The molecule has 1 saturated heterocycles. The zero-order valence-corrected chi connectivity index (χ0v) is 17.8. The van der Waals surface area contributed by atoms with E-state index in [0.29, 0.717) is 23.7 Å². The summed E-state index contributed by atoms with van der Waals surface area (Å²) >= 11 is 0. The van der Waals surface area contributed by atoms with Gasteiger partial charge in [-0.25, -0.2) is 0 Å². The van der Waals surface area contributed by atoms with Crippen LogP contribution in [0.15, 0.2) is 48.5 Å². The highest BCUT2D eigenvalue weighted by Gasteiger charge is 2.26. The van der Waals surface area contributed by atoms with E-state index in [2.05, 4.69) is 23.2 Å². The van der Waals surface area contributed by atoms with Gasteiger partial charge in [0.15, 0.2) is 5.75 Å². The molecule has 2 heterocycles. The molecule has 0 radical (unpaired) electrons. The highest BCUT2D eigenvalue weighted by Crippen LogP contribution is 2.41. The Morgan fingerprint density at radius 3 is 2.77 bits per heavy atom. The summed E-state index contributed by atoms with van der Waals surface area (Å²) in [6, 6.07) is 17.1. The van der Waals surface area contributed by atoms with Crippen molar-refractivity contribution in [1.29, 1.82) is 5.26 Å². The van der Waals surface area contributed by atoms with E-state index in [1.54, 1.807) is 24.3 Å². The van der Waals surface area contributed by atoms with Crippen LogP contribution in [0.5, 0.6) is 17.2 Å². The minimum absolute atomic E-state index is 0.0765. The average Bonchev–Trinajstić information content (AvgIpc) is 3.24. The summed E-state index contributed by atoms with van der Waals surface area (Å²) in [7, 11) is 0. The van der Waals surface area contributed by atoms with Crippen molar-refractivity contribution in [2.75, 3.05) is 13.2 Å². The lowest BCUT2D eigenvalue weighted by Crippen LogP contribution is -2.12. The molecule has 1 aliphatic rings. The smallest absolute Gasteiger partial charge is 0.178 e. The van der Waals surface area contributed by atoms with Crippen molar-refractivity contribution >= 4 is 0 Å². The molecule has 1 aliphatic heterocycles. The van der Waals surface area contributed by atoms with Gasteiger partial charge in [0.05, 0.1) is 18.2 Å². The molecule has 0 spiro atoms. The molecule has 1 aromatic heterocycles. The van der Waals surface area contributed by atoms with Crippen molar-refractivity contribution in [1.82, 2.24) is 10.2 Å². The van der Waals surface area contributed by atoms with Gasteiger partial charge in [0.2, 0.25) is 0 Å². The van der Waals surface area contributed by atoms with Crippen LogP contribution in [0.2, 0.25) is 0 Å². The molecule has 31 heavy (non-hydrogen) atoms. The van der Waals surface area contributed by atoms with Crippen LogP contribution in [0.4, 0.5) is 0 Å². The number of ether oxygens (including phenoxy) is 3. The highest BCUT2D eigenvalue weighted by atomic mass is 16.5. The molecule has 160 valence electrons. The van der Waals surface area contributed by atoms with E-state index in [4.69, 9.17) is 19.5 Å². The number of benzene rings is 2. The van der Waals surface area contributed by atoms with E-state index in [0.717, 1.165) is 61.4 Å². The molecule has 1 unspecified atom stereocenters. The third kappa shape index (κ3) is 5.07. The normalized spacial score (nSPS) is 15.9. The predicted molar refractivity (Wildman–Crippen MR) is 118 cm³/mol. The van der Waals surface area contributed by atoms with Crippen LogP contribution in [0, 0.1) is 11.3 Å². The second-order valence-electron chi connectivity index (χ2n) is 7.64. The first-order valence-corrected chi connectivity index (χ1v) is 10.9. The second kappa shape index (κ2) is 10.1. The lowest BCUT2D eigenvalue weighted by atomic mass is 10.0. The Kier molecular flexibility index (Phi) is 6.85. The SMILES string of the molecule is CCCCOc1cccc(-c2n[nH]c(C3CCCCO3)c2Oc2ccc(C#N)cc2)c1. The van der Waals surface area contributed by atoms with Crippen molar-refractivity contribution in [3.05, 3.63) is 59.8 Å². The van der Waals surface area contributed by atoms with E-state index >= 15 is 0 Å². The topological polar surface area (TPSA) is 80.2 Å². The molecule has 1 atom stereocenters. The van der Waals surface area contributed by atoms with Gasteiger partial charge in [-0.2, -0.15) is 10.4 Å². The first-order chi connectivity index (χ1) is 15.3. The van der Waals surface area contributed by atoms with Gasteiger partial charge >= 0.3 is 0 Å². The van der Waals surface area contributed by atoms with Crippen LogP contribution in [-0.4, -0.2) is 23.4 Å². The Labute approximate surface area is 182 Å². The molecule has 2 aromatic carbocycles. The molecular formula is C25H27N3O3. The summed E-state index contributed by atoms with van der Waals surface area (Å²) in [6.07, 6.45) is 5.13. The van der Waals surface area contributed by atoms with Crippen molar-refractivity contribution in [2.45, 2.75) is 45.1 Å². The first kappa shape index (κ1) is 21.0. The molecule has 1 N–H and O–H groups in total. The van der Waals surface area contributed by atoms with Crippen LogP contribution in [0.1, 0.15) is 56.4 Å². The van der Waals surface area contributed by atoms with E-state index in [-0.39, 0.29) is 6.10 Å². The van der Waals surface area contributed by atoms with E-state index < -0.39 is 0 Å². The fourth-order valence-corrected chi connectivity index (χ4v) is 3.61. The molecule has 3 aromatic rings. The summed E-state index contributed by atoms with van der Waals surface area (Å²) in [5.41, 5.74) is 3.06. The highest BCUT2D eigenvalue weighted by molar-refractivity contribution is 5.69. The predicted octanol–water partition coefficient (Wildman–Crippen LogP) is 6.16. The first-order valence-electron chi connectivity index (χ1n) is 10.9. The maximum absolute atomic E-state index is 9.06. The number of H-pyrrole nitrogens is 1. The number of nitrogens with one attached hydrogen (secondary N) is 1. The van der Waals surface area contributed by atoms with Gasteiger partial charge in [0.25, 0.3) is 0 Å². The average molecular weight is 418 g/mol. The number of rotatable bonds is 8. The van der Waals surface area contributed by atoms with Gasteiger partial charge in [0.1, 0.15) is 29.0 Å². The van der Waals surface area contributed by atoms with Crippen molar-refractivity contribution < 1.29 is 14.2 Å². The third-order valence-electron chi connectivity index (χ3n) is 5.33. The number of nitrogens with zero attached hydrogens (tertiary/aromatic N) is 2. The molecule has 4 rings (SSSR count). The molecule has 0 aliphatic carbocycles. The van der Waals surface area contributed by atoms with Gasteiger partial charge in [-0.05, 0) is 62.1 Å². The maximum atomic E-state index is 9.06. The monoisotopic (exact) mass is 417 g/mol. The Morgan fingerprint density at radius 2 is 2.03 bits per heavy atom. The lowest BCUT2D eigenvalue weighted by Gasteiger charge is -2.22. The van der Waals surface area contributed by atoms with Crippen LogP contribution >= 0.6 is 0 Å². The molecule has 6 heteroatoms. The second-order valence-corrected chi connectivity index (χ2v) is 7.64. The molecule has 0 bridgehead atoms. The van der Waals surface area contributed by atoms with E-state index in [9.17, 15) is 0 Å². The molecule has 0 saturated carbocycles. The van der Waals surface area contributed by atoms with E-state index in [1.165, 1.54) is 0 Å². The Balaban J connectivity index is 1.67. The number of hydrogen-bond donors (Lipinski definition) is 1. The number of nitriles is 1. The summed E-state index contributed by atoms with van der Waals surface area (Å²) in [4.78, 5) is 0. The van der Waals surface area contributed by atoms with Gasteiger partial charge in [-0.1, -0.05) is 25.5 Å². The van der Waals surface area contributed by atoms with Gasteiger partial charge in [-0.15, -0.1) is 0 Å². The molecule has 0 amide bonds. The van der Waals surface area contributed by atoms with Crippen LogP contribution in [0.25, 0.3) is 11.3 Å².